The average molecular weight is 225 g/mol. The number of nitrogens with two attached hydrogens (primary N) is 1. The Labute approximate surface area is 93.4 Å². The molecule has 0 aliphatic rings. The van der Waals surface area contributed by atoms with Crippen LogP contribution in [-0.2, 0) is 11.2 Å². The summed E-state index contributed by atoms with van der Waals surface area (Å²) in [7, 11) is 3.50. The molecule has 0 saturated carbocycles. The van der Waals surface area contributed by atoms with Gasteiger partial charge in [-0.1, -0.05) is 6.07 Å². The van der Waals surface area contributed by atoms with E-state index in [2.05, 4.69) is 8.05 Å². The highest BCUT2D eigenvalue weighted by molar-refractivity contribution is 5.95. The van der Waals surface area contributed by atoms with Gasteiger partial charge in [-0.2, -0.15) is 0 Å². The first-order chi connectivity index (χ1) is 7.50. The first kappa shape index (κ1) is 14.3. The van der Waals surface area contributed by atoms with Gasteiger partial charge in [0.05, 0.1) is 0 Å². The summed E-state index contributed by atoms with van der Waals surface area (Å²) in [6.07, 6.45) is 0.114. The third-order valence-corrected chi connectivity index (χ3v) is 1.81. The summed E-state index contributed by atoms with van der Waals surface area (Å²) in [5.74, 6) is -1.62. The molecule has 0 spiro atoms. The molecule has 0 aliphatic carbocycles. The fraction of sp³-hybridized carbons (Fsp3) is 0.222. The average Bonchev–Trinajstić information content (AvgIpc) is 2.26. The number of benzene rings is 1. The molecule has 7 heteroatoms. The van der Waals surface area contributed by atoms with Crippen molar-refractivity contribution in [3.8, 4) is 11.5 Å². The number of aromatic hydroxyl groups is 2. The zero-order valence-corrected chi connectivity index (χ0v) is 8.37. The molecule has 6 N–H and O–H groups in total. The van der Waals surface area contributed by atoms with Gasteiger partial charge in [0.15, 0.2) is 11.5 Å². The number of carbonyl (C=O) groups is 1. The highest BCUT2D eigenvalue weighted by atomic mass is 16.4. The standard InChI is InChI=1S/C9H11NO4.BHO/c10-6(9(13)14)3-5-1-2-7(11)8(12)4-5;1-2/h1-2,4,6,11-12H,3,10H2,(H,13,14);2H. The second-order valence-corrected chi connectivity index (χ2v) is 2.97. The van der Waals surface area contributed by atoms with Gasteiger partial charge in [0.1, 0.15) is 6.04 Å². The molecule has 1 aromatic carbocycles. The van der Waals surface area contributed by atoms with Gasteiger partial charge in [-0.15, -0.1) is 0 Å². The highest BCUT2D eigenvalue weighted by Crippen LogP contribution is 2.25. The number of phenolic OH excluding ortho intramolecular Hbond substituents is 2. The summed E-state index contributed by atoms with van der Waals surface area (Å²) >= 11 is 0. The van der Waals surface area contributed by atoms with Gasteiger partial charge < -0.3 is 26.1 Å². The molecule has 86 valence electrons. The zero-order valence-electron chi connectivity index (χ0n) is 8.37. The van der Waals surface area contributed by atoms with Crippen molar-refractivity contribution in [3.05, 3.63) is 23.8 Å². The maximum Gasteiger partial charge on any atom is 0.320 e. The van der Waals surface area contributed by atoms with Crippen LogP contribution in [-0.4, -0.2) is 40.4 Å². The molecule has 0 amide bonds. The Morgan fingerprint density at radius 1 is 1.31 bits per heavy atom. The minimum atomic E-state index is -1.10. The molecule has 1 aromatic rings. The molecule has 0 saturated heterocycles. The van der Waals surface area contributed by atoms with Crippen molar-refractivity contribution in [3.63, 3.8) is 0 Å². The van der Waals surface area contributed by atoms with E-state index in [1.165, 1.54) is 18.2 Å². The van der Waals surface area contributed by atoms with Gasteiger partial charge in [0.25, 0.3) is 8.05 Å². The lowest BCUT2D eigenvalue weighted by Gasteiger charge is -2.06. The molecule has 0 bridgehead atoms. The van der Waals surface area contributed by atoms with Gasteiger partial charge in [-0.3, -0.25) is 4.79 Å². The molecule has 0 aliphatic heterocycles. The van der Waals surface area contributed by atoms with Gasteiger partial charge in [-0.25, -0.2) is 0 Å². The number of carboxylic acid groups (broad SMARTS) is 1. The maximum atomic E-state index is 10.4. The Hall–Kier alpha value is -1.73. The summed E-state index contributed by atoms with van der Waals surface area (Å²) < 4.78 is 0. The molecule has 16 heavy (non-hydrogen) atoms. The number of rotatable bonds is 3. The molecule has 1 atom stereocenters. The molecule has 1 unspecified atom stereocenters. The van der Waals surface area contributed by atoms with Crippen molar-refractivity contribution >= 4 is 14.0 Å². The topological polar surface area (TPSA) is 124 Å². The van der Waals surface area contributed by atoms with E-state index in [9.17, 15) is 4.79 Å². The van der Waals surface area contributed by atoms with E-state index < -0.39 is 12.0 Å². The van der Waals surface area contributed by atoms with Crippen molar-refractivity contribution in [1.29, 1.82) is 0 Å². The van der Waals surface area contributed by atoms with Crippen LogP contribution in [0.3, 0.4) is 0 Å². The third kappa shape index (κ3) is 4.20. The van der Waals surface area contributed by atoms with Crippen molar-refractivity contribution in [1.82, 2.24) is 0 Å². The SMILES string of the molecule is NC(Cc1ccc(O)c(O)c1)C(=O)O.[B]O. The van der Waals surface area contributed by atoms with Crippen LogP contribution in [0.15, 0.2) is 18.2 Å². The van der Waals surface area contributed by atoms with Crippen molar-refractivity contribution in [2.24, 2.45) is 5.73 Å². The Morgan fingerprint density at radius 3 is 2.31 bits per heavy atom. The summed E-state index contributed by atoms with van der Waals surface area (Å²) in [4.78, 5) is 10.4. The van der Waals surface area contributed by atoms with E-state index in [-0.39, 0.29) is 17.9 Å². The fourth-order valence-electron chi connectivity index (χ4n) is 1.04. The number of aliphatic carboxylic acids is 1. The Morgan fingerprint density at radius 2 is 1.88 bits per heavy atom. The van der Waals surface area contributed by atoms with Gasteiger partial charge in [0, 0.05) is 0 Å². The second kappa shape index (κ2) is 6.70. The molecule has 6 nitrogen and oxygen atoms in total. The lowest BCUT2D eigenvalue weighted by molar-refractivity contribution is -0.138. The van der Waals surface area contributed by atoms with Crippen LogP contribution < -0.4 is 5.73 Å². The van der Waals surface area contributed by atoms with Crippen LogP contribution in [0.25, 0.3) is 0 Å². The smallest absolute Gasteiger partial charge is 0.320 e. The van der Waals surface area contributed by atoms with Crippen LogP contribution in [0, 0.1) is 0 Å². The molecule has 1 rings (SSSR count). The van der Waals surface area contributed by atoms with Crippen LogP contribution in [0.2, 0.25) is 0 Å². The van der Waals surface area contributed by atoms with Crippen molar-refractivity contribution in [2.75, 3.05) is 0 Å². The van der Waals surface area contributed by atoms with E-state index in [0.717, 1.165) is 0 Å². The predicted octanol–water partition coefficient (Wildman–Crippen LogP) is -0.886. The minimum absolute atomic E-state index is 0.114. The maximum absolute atomic E-state index is 10.4. The van der Waals surface area contributed by atoms with Crippen LogP contribution in [0.4, 0.5) is 0 Å². The van der Waals surface area contributed by atoms with Crippen molar-refractivity contribution in [2.45, 2.75) is 12.5 Å². The Kier molecular flexibility index (Phi) is 5.98. The summed E-state index contributed by atoms with van der Waals surface area (Å²) in [6.45, 7) is 0. The van der Waals surface area contributed by atoms with E-state index in [1.807, 2.05) is 0 Å². The van der Waals surface area contributed by atoms with Crippen LogP contribution >= 0.6 is 0 Å². The fourth-order valence-corrected chi connectivity index (χ4v) is 1.04. The molecule has 0 heterocycles. The van der Waals surface area contributed by atoms with E-state index in [4.69, 9.17) is 26.1 Å². The number of carboxylic acids is 1. The molecular weight excluding hydrogens is 213 g/mol. The van der Waals surface area contributed by atoms with Gasteiger partial charge in [-0.05, 0) is 24.1 Å². The highest BCUT2D eigenvalue weighted by Gasteiger charge is 2.12. The van der Waals surface area contributed by atoms with Crippen molar-refractivity contribution < 1.29 is 25.1 Å². The molecule has 0 fully saturated rings. The lowest BCUT2D eigenvalue weighted by atomic mass is 10.1. The zero-order chi connectivity index (χ0) is 12.7. The van der Waals surface area contributed by atoms with E-state index in [0.29, 0.717) is 5.56 Å². The summed E-state index contributed by atoms with van der Waals surface area (Å²) in [5, 5.41) is 33.1. The van der Waals surface area contributed by atoms with Gasteiger partial charge in [0.2, 0.25) is 0 Å². The largest absolute Gasteiger partial charge is 0.504 e. The molecular formula is C9H12BNO5. The third-order valence-electron chi connectivity index (χ3n) is 1.81. The second-order valence-electron chi connectivity index (χ2n) is 2.97. The van der Waals surface area contributed by atoms with E-state index >= 15 is 0 Å². The summed E-state index contributed by atoms with van der Waals surface area (Å²) in [6, 6.07) is 3.09. The number of hydrogen-bond donors (Lipinski definition) is 5. The molecule has 2 radical (unpaired) electrons. The normalized spacial score (nSPS) is 11.1. The quantitative estimate of drug-likeness (QED) is 0.336. The first-order valence-electron chi connectivity index (χ1n) is 4.25. The van der Waals surface area contributed by atoms with E-state index in [1.54, 1.807) is 0 Å². The van der Waals surface area contributed by atoms with Crippen LogP contribution in [0.5, 0.6) is 11.5 Å². The lowest BCUT2D eigenvalue weighted by Crippen LogP contribution is -2.32. The number of phenols is 2. The summed E-state index contributed by atoms with van der Waals surface area (Å²) in [5.41, 5.74) is 5.86. The van der Waals surface area contributed by atoms with Crippen LogP contribution in [0.1, 0.15) is 5.56 Å². The first-order valence-corrected chi connectivity index (χ1v) is 4.25. The minimum Gasteiger partial charge on any atom is -0.504 e. The Bertz CT molecular complexity index is 358. The predicted molar refractivity (Wildman–Crippen MR) is 57.1 cm³/mol. The molecule has 0 aromatic heterocycles. The number of hydrogen-bond acceptors (Lipinski definition) is 5. The monoisotopic (exact) mass is 225 g/mol. The van der Waals surface area contributed by atoms with Gasteiger partial charge >= 0.3 is 5.97 Å². The Balaban J connectivity index is 0.00000106.